The van der Waals surface area contributed by atoms with Gasteiger partial charge in [-0.05, 0) is 163 Å². The molecule has 0 saturated heterocycles. The van der Waals surface area contributed by atoms with Crippen molar-refractivity contribution in [2.45, 2.75) is 30.4 Å². The van der Waals surface area contributed by atoms with Crippen LogP contribution in [0.1, 0.15) is 50.1 Å². The maximum atomic E-state index is 10.1. The summed E-state index contributed by atoms with van der Waals surface area (Å²) in [6.45, 7) is 0. The van der Waals surface area contributed by atoms with Crippen molar-refractivity contribution in [3.8, 4) is 39.4 Å². The topological polar surface area (TPSA) is 27.0 Å². The van der Waals surface area contributed by atoms with Crippen molar-refractivity contribution in [3.05, 3.63) is 293 Å². The minimum atomic E-state index is -0.547. The number of hydrogen-bond donors (Lipinski definition) is 0. The largest absolute Gasteiger partial charge is 0.310 e. The minimum Gasteiger partial charge on any atom is -0.310 e. The first-order valence-electron chi connectivity index (χ1n) is 25.1. The van der Waals surface area contributed by atoms with E-state index >= 15 is 0 Å². The molecule has 344 valence electrons. The summed E-state index contributed by atoms with van der Waals surface area (Å²) in [5.41, 5.74) is 20.6. The Morgan fingerprint density at radius 1 is 0.351 bits per heavy atom. The summed E-state index contributed by atoms with van der Waals surface area (Å²) in [5, 5.41) is 12.6. The number of hydrogen-bond acceptors (Lipinski definition) is 5. The van der Waals surface area contributed by atoms with Crippen LogP contribution in [0, 0.1) is 11.3 Å². The van der Waals surface area contributed by atoms with E-state index in [0.29, 0.717) is 5.56 Å². The molecule has 12 aromatic rings. The lowest BCUT2D eigenvalue weighted by Crippen LogP contribution is -2.32. The molecule has 0 radical (unpaired) electrons. The van der Waals surface area contributed by atoms with Crippen molar-refractivity contribution < 1.29 is 0 Å². The molecule has 1 unspecified atom stereocenters. The average molecular weight is 993 g/mol. The van der Waals surface area contributed by atoms with Gasteiger partial charge in [0.25, 0.3) is 0 Å². The maximum absolute atomic E-state index is 10.1. The molecule has 74 heavy (non-hydrogen) atoms. The van der Waals surface area contributed by atoms with E-state index in [4.69, 9.17) is 0 Å². The summed E-state index contributed by atoms with van der Waals surface area (Å²) in [6, 6.07) is 92.9. The molecule has 1 atom stereocenters. The molecule has 0 amide bonds. The van der Waals surface area contributed by atoms with Gasteiger partial charge in [-0.2, -0.15) is 5.26 Å². The first-order chi connectivity index (χ1) is 36.6. The molecule has 11 aromatic carbocycles. The molecule has 5 heteroatoms. The van der Waals surface area contributed by atoms with Gasteiger partial charge in [-0.25, -0.2) is 0 Å². The number of benzene rings is 11. The molecule has 0 fully saturated rings. The Morgan fingerprint density at radius 2 is 0.851 bits per heavy atom. The standard InChI is InChI=1S/C69H40N2S3/c70-41-42-28-35-55-51(38-42)49-16-3-7-20-54(49)69(55)57-22-9-12-26-63(57)73-64-36-31-44(39-58(64)69)43-29-32-45(33-30-43)71(60-23-13-27-66-67(60)50-17-4-10-24-61(50)72-66)46-34-37-65-59(40-46)68(56-21-8-11-25-62(56)74-65)52-18-5-1-14-47(52)48-15-2-6-19-53(48)68/h1-40H. The van der Waals surface area contributed by atoms with E-state index in [-0.39, 0.29) is 0 Å². The van der Waals surface area contributed by atoms with Crippen molar-refractivity contribution in [3.63, 3.8) is 0 Å². The quantitative estimate of drug-likeness (QED) is 0.176. The van der Waals surface area contributed by atoms with E-state index in [1.807, 2.05) is 40.9 Å². The van der Waals surface area contributed by atoms with Crippen molar-refractivity contribution in [2.24, 2.45) is 0 Å². The van der Waals surface area contributed by atoms with Gasteiger partial charge in [-0.1, -0.05) is 181 Å². The van der Waals surface area contributed by atoms with E-state index in [1.165, 1.54) is 101 Å². The van der Waals surface area contributed by atoms with Gasteiger partial charge in [0.05, 0.1) is 28.2 Å². The molecule has 0 saturated carbocycles. The summed E-state index contributed by atoms with van der Waals surface area (Å²) < 4.78 is 2.55. The lowest BCUT2D eigenvalue weighted by atomic mass is 9.67. The van der Waals surface area contributed by atoms with Gasteiger partial charge in [0.2, 0.25) is 0 Å². The smallest absolute Gasteiger partial charge is 0.0991 e. The number of nitriles is 1. The third-order valence-corrected chi connectivity index (χ3v) is 19.7. The summed E-state index contributed by atoms with van der Waals surface area (Å²) in [6.07, 6.45) is 0. The highest BCUT2D eigenvalue weighted by atomic mass is 32.2. The number of fused-ring (bicyclic) bond motifs is 21. The van der Waals surface area contributed by atoms with Gasteiger partial charge in [0.15, 0.2) is 0 Å². The normalized spacial score (nSPS) is 15.6. The molecular formula is C69H40N2S3. The van der Waals surface area contributed by atoms with Crippen LogP contribution >= 0.6 is 34.9 Å². The average Bonchev–Trinajstić information content (AvgIpc) is 4.19. The Hall–Kier alpha value is -8.37. The van der Waals surface area contributed by atoms with Crippen LogP contribution in [0.2, 0.25) is 0 Å². The third kappa shape index (κ3) is 5.63. The predicted octanol–water partition coefficient (Wildman–Crippen LogP) is 18.7. The van der Waals surface area contributed by atoms with Gasteiger partial charge in [-0.3, -0.25) is 0 Å². The Balaban J connectivity index is 0.894. The van der Waals surface area contributed by atoms with Gasteiger partial charge >= 0.3 is 0 Å². The number of rotatable bonds is 4. The van der Waals surface area contributed by atoms with E-state index in [1.54, 1.807) is 0 Å². The zero-order valence-electron chi connectivity index (χ0n) is 39.7. The van der Waals surface area contributed by atoms with E-state index in [9.17, 15) is 5.26 Å². The molecule has 2 aliphatic heterocycles. The van der Waals surface area contributed by atoms with Crippen molar-refractivity contribution in [2.75, 3.05) is 4.90 Å². The van der Waals surface area contributed by atoms with Gasteiger partial charge < -0.3 is 4.90 Å². The molecule has 2 aliphatic carbocycles. The van der Waals surface area contributed by atoms with Crippen LogP contribution in [0.25, 0.3) is 53.6 Å². The Bertz CT molecular complexity index is 4380. The van der Waals surface area contributed by atoms with Crippen molar-refractivity contribution >= 4 is 72.1 Å². The van der Waals surface area contributed by atoms with Gasteiger partial charge in [0.1, 0.15) is 0 Å². The third-order valence-electron chi connectivity index (χ3n) is 16.2. The lowest BCUT2D eigenvalue weighted by molar-refractivity contribution is 0.722. The Morgan fingerprint density at radius 3 is 1.51 bits per heavy atom. The Kier molecular flexibility index (Phi) is 9.01. The lowest BCUT2D eigenvalue weighted by Gasteiger charge is -2.40. The maximum Gasteiger partial charge on any atom is 0.0991 e. The highest BCUT2D eigenvalue weighted by molar-refractivity contribution is 7.99. The summed E-state index contributed by atoms with van der Waals surface area (Å²) >= 11 is 5.60. The van der Waals surface area contributed by atoms with Crippen LogP contribution in [-0.4, -0.2) is 0 Å². The molecule has 3 heterocycles. The molecule has 4 aliphatic rings. The fourth-order valence-corrected chi connectivity index (χ4v) is 16.8. The summed E-state index contributed by atoms with van der Waals surface area (Å²) in [7, 11) is 0. The zero-order valence-corrected chi connectivity index (χ0v) is 42.2. The number of nitrogens with zero attached hydrogens (tertiary/aromatic N) is 2. The fraction of sp³-hybridized carbons (Fsp3) is 0.0290. The van der Waals surface area contributed by atoms with Gasteiger partial charge in [-0.15, -0.1) is 11.3 Å². The van der Waals surface area contributed by atoms with Crippen LogP contribution in [0.4, 0.5) is 17.1 Å². The number of anilines is 3. The highest BCUT2D eigenvalue weighted by Crippen LogP contribution is 2.65. The van der Waals surface area contributed by atoms with E-state index in [2.05, 4.69) is 248 Å². The van der Waals surface area contributed by atoms with Crippen LogP contribution in [0.15, 0.2) is 262 Å². The van der Waals surface area contributed by atoms with Crippen LogP contribution in [0.3, 0.4) is 0 Å². The van der Waals surface area contributed by atoms with Crippen LogP contribution in [0.5, 0.6) is 0 Å². The Labute approximate surface area is 441 Å². The highest BCUT2D eigenvalue weighted by Gasteiger charge is 2.52. The second-order valence-corrected chi connectivity index (χ2v) is 23.0. The summed E-state index contributed by atoms with van der Waals surface area (Å²) in [4.78, 5) is 7.59. The molecule has 2 nitrogen and oxygen atoms in total. The van der Waals surface area contributed by atoms with Crippen LogP contribution < -0.4 is 4.90 Å². The van der Waals surface area contributed by atoms with E-state index in [0.717, 1.165) is 33.8 Å². The second kappa shape index (κ2) is 15.8. The van der Waals surface area contributed by atoms with Crippen molar-refractivity contribution in [1.82, 2.24) is 0 Å². The second-order valence-electron chi connectivity index (χ2n) is 19.7. The summed E-state index contributed by atoms with van der Waals surface area (Å²) in [5.74, 6) is 0. The van der Waals surface area contributed by atoms with Gasteiger partial charge in [0, 0.05) is 51.1 Å². The fourth-order valence-electron chi connectivity index (χ4n) is 13.3. The minimum absolute atomic E-state index is 0.502. The SMILES string of the molecule is N#Cc1ccc2c(c1)-c1ccccc1C21c2ccccc2Sc2ccc(-c3ccc(N(c4ccc5c(c4)C4(c6ccccc6S5)c5ccccc5-c5ccccc54)c4cccc5sc6ccccc6c45)cc3)cc21. The van der Waals surface area contributed by atoms with E-state index < -0.39 is 10.8 Å². The van der Waals surface area contributed by atoms with Crippen LogP contribution in [-0.2, 0) is 10.8 Å². The monoisotopic (exact) mass is 992 g/mol. The first-order valence-corrected chi connectivity index (χ1v) is 27.6. The predicted molar refractivity (Wildman–Crippen MR) is 307 cm³/mol. The molecule has 16 rings (SSSR count). The molecule has 0 N–H and O–H groups in total. The molecule has 2 spiro atoms. The first kappa shape index (κ1) is 42.2. The molecule has 0 bridgehead atoms. The zero-order chi connectivity index (χ0) is 48.7. The molecule has 1 aromatic heterocycles. The number of thiophene rings is 1. The molecular weight excluding hydrogens is 953 g/mol. The van der Waals surface area contributed by atoms with Crippen molar-refractivity contribution in [1.29, 1.82) is 5.26 Å².